The first kappa shape index (κ1) is 30.6. The smallest absolute Gasteiger partial charge is 0.242 e. The highest BCUT2D eigenvalue weighted by atomic mass is 32.2. The zero-order chi connectivity index (χ0) is 29.9. The lowest BCUT2D eigenvalue weighted by Crippen LogP contribution is -2.58. The van der Waals surface area contributed by atoms with Crippen LogP contribution in [-0.2, 0) is 21.2 Å². The number of hydrogen-bond donors (Lipinski definition) is 3. The van der Waals surface area contributed by atoms with E-state index in [1.54, 1.807) is 6.92 Å². The highest BCUT2D eigenvalue weighted by molar-refractivity contribution is 7.88. The van der Waals surface area contributed by atoms with Gasteiger partial charge in [-0.3, -0.25) is 9.78 Å². The number of nitrogens with zero attached hydrogens (tertiary/aromatic N) is 2. The van der Waals surface area contributed by atoms with Crippen LogP contribution in [0.25, 0.3) is 0 Å². The summed E-state index contributed by atoms with van der Waals surface area (Å²) in [5.41, 5.74) is 6.83. The van der Waals surface area contributed by atoms with Gasteiger partial charge in [-0.25, -0.2) is 26.0 Å². The van der Waals surface area contributed by atoms with Gasteiger partial charge in [0.05, 0.1) is 30.4 Å². The zero-order valence-electron chi connectivity index (χ0n) is 22.5. The number of rotatable bonds is 9. The summed E-state index contributed by atoms with van der Waals surface area (Å²) in [7, 11) is -3.53. The van der Waals surface area contributed by atoms with Crippen molar-refractivity contribution in [3.8, 4) is 0 Å². The summed E-state index contributed by atoms with van der Waals surface area (Å²) in [6.45, 7) is 2.64. The molecule has 1 saturated heterocycles. The second-order valence-electron chi connectivity index (χ2n) is 10.2. The van der Waals surface area contributed by atoms with Crippen molar-refractivity contribution in [2.75, 3.05) is 24.7 Å². The van der Waals surface area contributed by atoms with Crippen molar-refractivity contribution >= 4 is 21.6 Å². The summed E-state index contributed by atoms with van der Waals surface area (Å²) in [6.07, 6.45) is 3.68. The van der Waals surface area contributed by atoms with Crippen LogP contribution in [0.4, 0.5) is 23.2 Å². The van der Waals surface area contributed by atoms with E-state index in [1.165, 1.54) is 22.6 Å². The van der Waals surface area contributed by atoms with E-state index < -0.39 is 57.2 Å². The average molecular weight is 594 g/mol. The number of piperazine rings is 1. The van der Waals surface area contributed by atoms with E-state index in [2.05, 4.69) is 15.6 Å². The van der Waals surface area contributed by atoms with E-state index in [1.807, 2.05) is 0 Å². The molecule has 1 fully saturated rings. The number of amides is 1. The van der Waals surface area contributed by atoms with Gasteiger partial charge in [0.25, 0.3) is 0 Å². The molecule has 0 aliphatic carbocycles. The number of anilines is 1. The Balaban J connectivity index is 1.60. The van der Waals surface area contributed by atoms with E-state index in [0.717, 1.165) is 36.7 Å². The van der Waals surface area contributed by atoms with Crippen LogP contribution in [0.3, 0.4) is 0 Å². The standard InChI is InChI=1S/C28H31F4N5O3S/c1-16-12-34-13-22(37(16)41(2,39)40)7-8-23-24(32)14-35-15-25(23)36-28(38)27(33)26(17-3-5-19(29)6-4-17)18-9-20(30)11-21(31)10-18/h3-6,9-11,14-16,22,26-27,34H,7-8,12-13,33H2,1-2H3,(H,36,38)/t16-,22-,26-,27-/m0/s1. The highest BCUT2D eigenvalue weighted by Gasteiger charge is 2.35. The molecule has 1 aliphatic rings. The highest BCUT2D eigenvalue weighted by Crippen LogP contribution is 2.30. The van der Waals surface area contributed by atoms with Gasteiger partial charge >= 0.3 is 0 Å². The minimum atomic E-state index is -3.53. The maximum absolute atomic E-state index is 15.0. The summed E-state index contributed by atoms with van der Waals surface area (Å²) in [5, 5.41) is 5.75. The predicted molar refractivity (Wildman–Crippen MR) is 147 cm³/mol. The predicted octanol–water partition coefficient (Wildman–Crippen LogP) is 3.29. The van der Waals surface area contributed by atoms with Crippen molar-refractivity contribution in [3.05, 3.63) is 94.8 Å². The molecular formula is C28H31F4N5O3S. The minimum absolute atomic E-state index is 0.0245. The summed E-state index contributed by atoms with van der Waals surface area (Å²) < 4.78 is 83.0. The number of nitrogens with two attached hydrogens (primary N) is 1. The molecule has 4 rings (SSSR count). The number of pyridine rings is 1. The van der Waals surface area contributed by atoms with Crippen LogP contribution in [-0.4, -0.2) is 61.1 Å². The molecule has 4 atom stereocenters. The van der Waals surface area contributed by atoms with Crippen molar-refractivity contribution in [1.82, 2.24) is 14.6 Å². The monoisotopic (exact) mass is 593 g/mol. The van der Waals surface area contributed by atoms with Crippen LogP contribution < -0.4 is 16.4 Å². The Morgan fingerprint density at radius 2 is 1.71 bits per heavy atom. The fourth-order valence-electron chi connectivity index (χ4n) is 5.36. The first-order valence-electron chi connectivity index (χ1n) is 12.9. The molecule has 41 heavy (non-hydrogen) atoms. The van der Waals surface area contributed by atoms with Gasteiger partial charge in [0, 0.05) is 42.7 Å². The van der Waals surface area contributed by atoms with Crippen molar-refractivity contribution in [1.29, 1.82) is 0 Å². The molecule has 0 radical (unpaired) electrons. The van der Waals surface area contributed by atoms with Gasteiger partial charge < -0.3 is 16.4 Å². The lowest BCUT2D eigenvalue weighted by molar-refractivity contribution is -0.117. The number of carbonyl (C=O) groups excluding carboxylic acids is 1. The first-order valence-corrected chi connectivity index (χ1v) is 14.8. The summed E-state index contributed by atoms with van der Waals surface area (Å²) in [5.74, 6) is -4.91. The van der Waals surface area contributed by atoms with Gasteiger partial charge in [0.15, 0.2) is 0 Å². The fourth-order valence-corrected chi connectivity index (χ4v) is 6.81. The summed E-state index contributed by atoms with van der Waals surface area (Å²) >= 11 is 0. The van der Waals surface area contributed by atoms with E-state index >= 15 is 0 Å². The number of aromatic nitrogens is 1. The Hall–Kier alpha value is -3.39. The second-order valence-corrected chi connectivity index (χ2v) is 12.1. The van der Waals surface area contributed by atoms with Crippen LogP contribution in [0.5, 0.6) is 0 Å². The van der Waals surface area contributed by atoms with Crippen molar-refractivity contribution < 1.29 is 30.8 Å². The molecule has 0 saturated carbocycles. The van der Waals surface area contributed by atoms with Crippen molar-refractivity contribution in [2.45, 2.75) is 43.8 Å². The third-order valence-electron chi connectivity index (χ3n) is 7.12. The Morgan fingerprint density at radius 1 is 1.05 bits per heavy atom. The molecular weight excluding hydrogens is 562 g/mol. The van der Waals surface area contributed by atoms with Gasteiger partial charge in [0.2, 0.25) is 15.9 Å². The molecule has 2 heterocycles. The molecule has 1 amide bonds. The number of benzene rings is 2. The summed E-state index contributed by atoms with van der Waals surface area (Å²) in [4.78, 5) is 17.2. The fraction of sp³-hybridized carbons (Fsp3) is 0.357. The molecule has 220 valence electrons. The largest absolute Gasteiger partial charge is 0.323 e. The molecule has 1 aromatic heterocycles. The van der Waals surface area contributed by atoms with Crippen LogP contribution in [0.2, 0.25) is 0 Å². The molecule has 8 nitrogen and oxygen atoms in total. The van der Waals surface area contributed by atoms with Gasteiger partial charge in [-0.2, -0.15) is 4.31 Å². The normalized spacial score (nSPS) is 19.5. The maximum Gasteiger partial charge on any atom is 0.242 e. The second kappa shape index (κ2) is 12.6. The molecule has 0 bridgehead atoms. The van der Waals surface area contributed by atoms with E-state index in [9.17, 15) is 30.8 Å². The van der Waals surface area contributed by atoms with E-state index in [-0.39, 0.29) is 35.7 Å². The average Bonchev–Trinajstić information content (AvgIpc) is 2.88. The number of sulfonamides is 1. The van der Waals surface area contributed by atoms with Crippen molar-refractivity contribution in [3.63, 3.8) is 0 Å². The third-order valence-corrected chi connectivity index (χ3v) is 8.55. The number of hydrogen-bond acceptors (Lipinski definition) is 6. The van der Waals surface area contributed by atoms with Gasteiger partial charge in [-0.05, 0) is 55.2 Å². The number of halogens is 4. The Labute approximate surface area is 236 Å². The summed E-state index contributed by atoms with van der Waals surface area (Å²) in [6, 6.07) is 5.57. The number of carbonyl (C=O) groups is 1. The molecule has 0 unspecified atom stereocenters. The van der Waals surface area contributed by atoms with E-state index in [0.29, 0.717) is 24.7 Å². The van der Waals surface area contributed by atoms with E-state index in [4.69, 9.17) is 5.73 Å². The van der Waals surface area contributed by atoms with Gasteiger partial charge in [-0.15, -0.1) is 0 Å². The van der Waals surface area contributed by atoms with Gasteiger partial charge in [0.1, 0.15) is 23.3 Å². The maximum atomic E-state index is 15.0. The Morgan fingerprint density at radius 3 is 2.34 bits per heavy atom. The first-order chi connectivity index (χ1) is 19.3. The molecule has 2 aromatic carbocycles. The quantitative estimate of drug-likeness (QED) is 0.328. The zero-order valence-corrected chi connectivity index (χ0v) is 23.3. The lowest BCUT2D eigenvalue weighted by Gasteiger charge is -2.39. The topological polar surface area (TPSA) is 117 Å². The van der Waals surface area contributed by atoms with Crippen molar-refractivity contribution in [2.24, 2.45) is 5.73 Å². The molecule has 1 aliphatic heterocycles. The minimum Gasteiger partial charge on any atom is -0.323 e. The van der Waals surface area contributed by atoms with Gasteiger partial charge in [-0.1, -0.05) is 12.1 Å². The lowest BCUT2D eigenvalue weighted by atomic mass is 9.84. The molecule has 13 heteroatoms. The molecule has 3 aromatic rings. The van der Waals surface area contributed by atoms with Crippen LogP contribution in [0.15, 0.2) is 54.9 Å². The number of nitrogens with one attached hydrogen (secondary N) is 2. The molecule has 0 spiro atoms. The Kier molecular flexibility index (Phi) is 9.42. The van der Waals surface area contributed by atoms with Crippen LogP contribution in [0.1, 0.15) is 36.0 Å². The SMILES string of the molecule is C[C@H]1CNC[C@H](CCc2c(F)cncc2NC(=O)[C@@H](N)[C@@H](c2ccc(F)cc2)c2cc(F)cc(F)c2)N1S(C)(=O)=O. The van der Waals surface area contributed by atoms with Crippen LogP contribution >= 0.6 is 0 Å². The third kappa shape index (κ3) is 7.28. The molecule has 4 N–H and O–H groups in total. The Bertz CT molecular complexity index is 1490. The van der Waals surface area contributed by atoms with Crippen LogP contribution in [0, 0.1) is 23.3 Å².